The Hall–Kier alpha value is -2.57. The molecule has 0 atom stereocenters. The molecule has 0 aliphatic rings. The number of nitrogens with one attached hydrogen (secondary N) is 1. The molecule has 0 bridgehead atoms. The van der Waals surface area contributed by atoms with Crippen molar-refractivity contribution in [3.05, 3.63) is 52.0 Å². The van der Waals surface area contributed by atoms with Crippen molar-refractivity contribution in [2.75, 3.05) is 0 Å². The molecule has 0 radical (unpaired) electrons. The van der Waals surface area contributed by atoms with Crippen molar-refractivity contribution in [3.8, 4) is 11.4 Å². The highest BCUT2D eigenvalue weighted by Crippen LogP contribution is 2.33. The molecule has 1 amide bonds. The van der Waals surface area contributed by atoms with E-state index in [0.29, 0.717) is 38.9 Å². The van der Waals surface area contributed by atoms with Crippen LogP contribution in [0.5, 0.6) is 0 Å². The summed E-state index contributed by atoms with van der Waals surface area (Å²) in [6.45, 7) is 1.92. The molecule has 8 heteroatoms. The normalized spacial score (nSPS) is 10.3. The van der Waals surface area contributed by atoms with Gasteiger partial charge in [-0.1, -0.05) is 36.2 Å². The van der Waals surface area contributed by atoms with Gasteiger partial charge >= 0.3 is 5.97 Å². The van der Waals surface area contributed by atoms with Crippen molar-refractivity contribution in [1.29, 1.82) is 0 Å². The largest absolute Gasteiger partial charge is 0.478 e. The summed E-state index contributed by atoms with van der Waals surface area (Å²) in [4.78, 5) is 28.2. The van der Waals surface area contributed by atoms with Crippen LogP contribution in [-0.4, -0.2) is 27.0 Å². The molecule has 3 rings (SSSR count). The summed E-state index contributed by atoms with van der Waals surface area (Å²) in [5.74, 6) is -0.686. The summed E-state index contributed by atoms with van der Waals surface area (Å²) in [5.41, 5.74) is 6.83. The highest BCUT2D eigenvalue weighted by atomic mass is 35.5. The fourth-order valence-electron chi connectivity index (χ4n) is 2.23. The van der Waals surface area contributed by atoms with Gasteiger partial charge < -0.3 is 15.8 Å². The van der Waals surface area contributed by atoms with Crippen molar-refractivity contribution in [1.82, 2.24) is 9.97 Å². The van der Waals surface area contributed by atoms with Gasteiger partial charge in [0.25, 0.3) is 0 Å². The average molecular weight is 394 g/mol. The zero-order valence-corrected chi connectivity index (χ0v) is 15.4. The summed E-state index contributed by atoms with van der Waals surface area (Å²) in [6, 6.07) is 9.86. The van der Waals surface area contributed by atoms with Crippen molar-refractivity contribution in [2.24, 2.45) is 5.73 Å². The second kappa shape index (κ2) is 8.69. The van der Waals surface area contributed by atoms with Crippen LogP contribution < -0.4 is 5.73 Å². The number of aromatic amines is 1. The number of carboxylic acids is 1. The molecular weight excluding hydrogens is 377 g/mol. The number of carbonyl (C=O) groups is 2. The first kappa shape index (κ1) is 19.8. The highest BCUT2D eigenvalue weighted by molar-refractivity contribution is 6.39. The van der Waals surface area contributed by atoms with Crippen LogP contribution in [0.2, 0.25) is 10.0 Å². The molecule has 136 valence electrons. The maximum Gasteiger partial charge on any atom is 0.335 e. The number of H-pyrrole nitrogens is 1. The molecule has 4 N–H and O–H groups in total. The number of primary amides is 1. The first-order valence-electron chi connectivity index (χ1n) is 7.79. The van der Waals surface area contributed by atoms with Crippen LogP contribution >= 0.6 is 23.2 Å². The van der Waals surface area contributed by atoms with E-state index >= 15 is 0 Å². The van der Waals surface area contributed by atoms with E-state index < -0.39 is 5.97 Å². The van der Waals surface area contributed by atoms with Gasteiger partial charge in [-0.25, -0.2) is 9.78 Å². The van der Waals surface area contributed by atoms with Crippen molar-refractivity contribution in [3.63, 3.8) is 0 Å². The number of carboxylic acid groups (broad SMARTS) is 1. The number of rotatable bonds is 4. The first-order valence-corrected chi connectivity index (χ1v) is 8.54. The number of aromatic carboxylic acids is 1. The number of fused-ring (bicyclic) bond motifs is 1. The molecule has 26 heavy (non-hydrogen) atoms. The molecule has 0 aliphatic heterocycles. The van der Waals surface area contributed by atoms with Gasteiger partial charge in [-0.05, 0) is 36.8 Å². The van der Waals surface area contributed by atoms with E-state index in [2.05, 4.69) is 9.97 Å². The summed E-state index contributed by atoms with van der Waals surface area (Å²) in [6.07, 6.45) is 1.37. The van der Waals surface area contributed by atoms with Crippen molar-refractivity contribution < 1.29 is 14.7 Å². The molecule has 0 aliphatic carbocycles. The Balaban J connectivity index is 0.000000352. The number of carbonyl (C=O) groups excluding carboxylic acids is 1. The zero-order valence-electron chi connectivity index (χ0n) is 13.9. The van der Waals surface area contributed by atoms with Gasteiger partial charge in [-0.3, -0.25) is 4.79 Å². The smallest absolute Gasteiger partial charge is 0.335 e. The topological polar surface area (TPSA) is 109 Å². The van der Waals surface area contributed by atoms with Gasteiger partial charge in [-0.2, -0.15) is 0 Å². The number of benzene rings is 2. The van der Waals surface area contributed by atoms with E-state index in [1.165, 1.54) is 12.1 Å². The van der Waals surface area contributed by atoms with E-state index in [-0.39, 0.29) is 11.5 Å². The molecular formula is C18H17Cl2N3O3. The van der Waals surface area contributed by atoms with Gasteiger partial charge in [-0.15, -0.1) is 0 Å². The molecule has 2 aromatic carbocycles. The summed E-state index contributed by atoms with van der Waals surface area (Å²) in [7, 11) is 0. The third-order valence-electron chi connectivity index (χ3n) is 3.42. The van der Waals surface area contributed by atoms with E-state index in [0.717, 1.165) is 6.42 Å². The molecule has 0 saturated heterocycles. The number of halogens is 2. The van der Waals surface area contributed by atoms with Crippen molar-refractivity contribution >= 4 is 46.1 Å². The average Bonchev–Trinajstić information content (AvgIpc) is 2.97. The summed E-state index contributed by atoms with van der Waals surface area (Å²) in [5, 5.41) is 9.94. The fraction of sp³-hybridized carbons (Fsp3) is 0.167. The lowest BCUT2D eigenvalue weighted by atomic mass is 10.2. The van der Waals surface area contributed by atoms with Gasteiger partial charge in [0.1, 0.15) is 5.82 Å². The maximum atomic E-state index is 11.0. The Kier molecular flexibility index (Phi) is 6.60. The van der Waals surface area contributed by atoms with E-state index in [4.69, 9.17) is 34.0 Å². The Morgan fingerprint density at radius 1 is 1.19 bits per heavy atom. The van der Waals surface area contributed by atoms with Crippen molar-refractivity contribution in [2.45, 2.75) is 19.8 Å². The molecule has 0 unspecified atom stereocenters. The van der Waals surface area contributed by atoms with E-state index in [1.807, 2.05) is 6.92 Å². The maximum absolute atomic E-state index is 11.0. The number of hydrogen-bond acceptors (Lipinski definition) is 3. The fourth-order valence-corrected chi connectivity index (χ4v) is 2.81. The minimum Gasteiger partial charge on any atom is -0.478 e. The molecule has 1 aromatic heterocycles. The van der Waals surface area contributed by atoms with Crippen LogP contribution in [0.4, 0.5) is 0 Å². The second-order valence-electron chi connectivity index (χ2n) is 5.44. The monoisotopic (exact) mass is 393 g/mol. The Morgan fingerprint density at radius 2 is 1.85 bits per heavy atom. The molecule has 0 saturated carbocycles. The SMILES string of the molecule is CCCC(N)=O.O=C(O)c1ccc2nc(-c3c(Cl)cccc3Cl)[nH]c2c1. The number of nitrogens with two attached hydrogens (primary N) is 1. The van der Waals surface area contributed by atoms with Crippen LogP contribution in [0.15, 0.2) is 36.4 Å². The lowest BCUT2D eigenvalue weighted by Crippen LogP contribution is -2.08. The minimum absolute atomic E-state index is 0.193. The highest BCUT2D eigenvalue weighted by Gasteiger charge is 2.13. The number of imidazole rings is 1. The predicted molar refractivity (Wildman–Crippen MR) is 103 cm³/mol. The third-order valence-corrected chi connectivity index (χ3v) is 4.05. The number of nitrogens with zero attached hydrogens (tertiary/aromatic N) is 1. The zero-order chi connectivity index (χ0) is 19.3. The standard InChI is InChI=1S/C14H8Cl2N2O2.C4H9NO/c15-8-2-1-3-9(16)12(8)13-17-10-5-4-7(14(19)20)6-11(10)18-13;1-2-3-4(5)6/h1-6H,(H,17,18)(H,19,20);2-3H2,1H3,(H2,5,6). The van der Waals surface area contributed by atoms with E-state index in [1.54, 1.807) is 24.3 Å². The number of hydrogen-bond donors (Lipinski definition) is 3. The van der Waals surface area contributed by atoms with Gasteiger partial charge in [0.15, 0.2) is 0 Å². The summed E-state index contributed by atoms with van der Waals surface area (Å²) < 4.78 is 0. The Morgan fingerprint density at radius 3 is 2.35 bits per heavy atom. The molecule has 0 spiro atoms. The van der Waals surface area contributed by atoms with Gasteiger partial charge in [0.2, 0.25) is 5.91 Å². The quantitative estimate of drug-likeness (QED) is 0.605. The second-order valence-corrected chi connectivity index (χ2v) is 6.25. The molecule has 6 nitrogen and oxygen atoms in total. The predicted octanol–water partition coefficient (Wildman–Crippen LogP) is 4.51. The molecule has 0 fully saturated rings. The Bertz CT molecular complexity index is 934. The van der Waals surface area contributed by atoms with Crippen LogP contribution in [0.25, 0.3) is 22.4 Å². The number of aromatic nitrogens is 2. The van der Waals surface area contributed by atoms with Crippen LogP contribution in [-0.2, 0) is 4.79 Å². The van der Waals surface area contributed by atoms with Crippen LogP contribution in [0, 0.1) is 0 Å². The first-order chi connectivity index (χ1) is 12.3. The van der Waals surface area contributed by atoms with Crippen LogP contribution in [0.1, 0.15) is 30.1 Å². The molecule has 3 aromatic rings. The van der Waals surface area contributed by atoms with Gasteiger partial charge in [0.05, 0.1) is 32.2 Å². The van der Waals surface area contributed by atoms with Crippen LogP contribution in [0.3, 0.4) is 0 Å². The minimum atomic E-state index is -0.987. The summed E-state index contributed by atoms with van der Waals surface area (Å²) >= 11 is 12.3. The molecule has 1 heterocycles. The van der Waals surface area contributed by atoms with Gasteiger partial charge in [0, 0.05) is 6.42 Å². The van der Waals surface area contributed by atoms with E-state index in [9.17, 15) is 9.59 Å². The lowest BCUT2D eigenvalue weighted by Gasteiger charge is -2.02. The third kappa shape index (κ3) is 4.74. The lowest BCUT2D eigenvalue weighted by molar-refractivity contribution is -0.118. The Labute approximate surface area is 159 Å². The number of amides is 1.